The Kier molecular flexibility index (Phi) is 5.70. The molecule has 1 saturated heterocycles. The molecule has 3 aromatic heterocycles. The molecule has 0 aromatic carbocycles. The lowest BCUT2D eigenvalue weighted by molar-refractivity contribution is -0.137. The van der Waals surface area contributed by atoms with Crippen molar-refractivity contribution in [1.82, 2.24) is 29.4 Å². The fraction of sp³-hybridized carbons (Fsp3) is 0.435. The second kappa shape index (κ2) is 8.69. The molecule has 1 aliphatic carbocycles. The van der Waals surface area contributed by atoms with E-state index in [1.54, 1.807) is 29.4 Å². The molecule has 11 heteroatoms. The highest BCUT2D eigenvalue weighted by Crippen LogP contribution is 2.34. The monoisotopic (exact) mass is 471 g/mol. The number of alkyl halides is 3. The van der Waals surface area contributed by atoms with E-state index in [2.05, 4.69) is 19.9 Å². The van der Waals surface area contributed by atoms with Crippen LogP contribution >= 0.6 is 0 Å². The molecule has 4 heterocycles. The van der Waals surface area contributed by atoms with Crippen LogP contribution in [0, 0.1) is 6.92 Å². The largest absolute Gasteiger partial charge is 0.417 e. The van der Waals surface area contributed by atoms with E-state index in [1.807, 2.05) is 16.7 Å². The van der Waals surface area contributed by atoms with Crippen LogP contribution in [0.5, 0.6) is 0 Å². The van der Waals surface area contributed by atoms with E-state index in [1.165, 1.54) is 6.07 Å². The molecular weight excluding hydrogens is 447 g/mol. The lowest BCUT2D eigenvalue weighted by Gasteiger charge is -2.39. The molecule has 0 radical (unpaired) electrons. The molecule has 0 atom stereocenters. The van der Waals surface area contributed by atoms with Crippen molar-refractivity contribution in [1.29, 1.82) is 0 Å². The number of nitrogens with zero attached hydrogens (tertiary/aromatic N) is 7. The van der Waals surface area contributed by atoms with E-state index in [-0.39, 0.29) is 18.0 Å². The number of hydrogen-bond acceptors (Lipinski definition) is 6. The zero-order chi connectivity index (χ0) is 23.9. The Bertz CT molecular complexity index is 1150. The molecule has 0 unspecified atom stereocenters. The Balaban J connectivity index is 1.25. The summed E-state index contributed by atoms with van der Waals surface area (Å²) in [7, 11) is 0. The van der Waals surface area contributed by atoms with E-state index in [4.69, 9.17) is 0 Å². The minimum absolute atomic E-state index is 0.0567. The van der Waals surface area contributed by atoms with Crippen LogP contribution in [0.4, 0.5) is 19.0 Å². The van der Waals surface area contributed by atoms with Gasteiger partial charge >= 0.3 is 6.18 Å². The van der Waals surface area contributed by atoms with Crippen molar-refractivity contribution in [2.75, 3.05) is 18.0 Å². The first kappa shape index (κ1) is 22.3. The van der Waals surface area contributed by atoms with Crippen LogP contribution in [0.15, 0.2) is 43.1 Å². The average molecular weight is 471 g/mol. The Morgan fingerprint density at radius 2 is 1.65 bits per heavy atom. The van der Waals surface area contributed by atoms with Gasteiger partial charge in [0.15, 0.2) is 0 Å². The van der Waals surface area contributed by atoms with Crippen LogP contribution in [0.25, 0.3) is 5.95 Å². The highest BCUT2D eigenvalue weighted by atomic mass is 19.4. The molecule has 1 saturated carbocycles. The van der Waals surface area contributed by atoms with Gasteiger partial charge in [-0.3, -0.25) is 9.36 Å². The van der Waals surface area contributed by atoms with Gasteiger partial charge < -0.3 is 9.80 Å². The summed E-state index contributed by atoms with van der Waals surface area (Å²) in [5.41, 5.74) is -0.312. The first-order valence-corrected chi connectivity index (χ1v) is 11.2. The molecule has 1 aliphatic heterocycles. The number of aromatic nitrogens is 5. The summed E-state index contributed by atoms with van der Waals surface area (Å²) in [4.78, 5) is 34.2. The molecule has 3 aromatic rings. The number of anilines is 1. The van der Waals surface area contributed by atoms with Crippen LogP contribution in [0.2, 0.25) is 0 Å². The topological polar surface area (TPSA) is 80.0 Å². The average Bonchev–Trinajstić information content (AvgIpc) is 3.58. The molecule has 8 nitrogen and oxygen atoms in total. The van der Waals surface area contributed by atoms with E-state index >= 15 is 0 Å². The maximum atomic E-state index is 13.4. The Labute approximate surface area is 194 Å². The molecule has 0 N–H and O–H groups in total. The highest BCUT2D eigenvalue weighted by Gasteiger charge is 2.39. The maximum Gasteiger partial charge on any atom is 0.417 e. The van der Waals surface area contributed by atoms with Crippen molar-refractivity contribution in [2.24, 2.45) is 0 Å². The minimum atomic E-state index is -4.40. The SMILES string of the molecule is Cc1nccn1-c1ncc(C(=O)N(C2CC2)C2CCN(c3ccc(C(F)(F)F)cn3)CC2)cn1. The van der Waals surface area contributed by atoms with Gasteiger partial charge in [0.25, 0.3) is 5.91 Å². The van der Waals surface area contributed by atoms with E-state index in [0.717, 1.165) is 43.8 Å². The van der Waals surface area contributed by atoms with Crippen molar-refractivity contribution in [2.45, 2.75) is 50.9 Å². The van der Waals surface area contributed by atoms with Gasteiger partial charge in [0.1, 0.15) is 11.6 Å². The molecule has 2 aliphatic rings. The second-order valence-electron chi connectivity index (χ2n) is 8.68. The normalized spacial score (nSPS) is 17.1. The third kappa shape index (κ3) is 4.46. The summed E-state index contributed by atoms with van der Waals surface area (Å²) in [5, 5.41) is 0. The molecule has 1 amide bonds. The van der Waals surface area contributed by atoms with Crippen LogP contribution in [0.1, 0.15) is 47.4 Å². The molecule has 0 spiro atoms. The zero-order valence-corrected chi connectivity index (χ0v) is 18.6. The van der Waals surface area contributed by atoms with Gasteiger partial charge in [-0.25, -0.2) is 19.9 Å². The van der Waals surface area contributed by atoms with Gasteiger partial charge in [-0.1, -0.05) is 0 Å². The predicted molar refractivity (Wildman–Crippen MR) is 118 cm³/mol. The summed E-state index contributed by atoms with van der Waals surface area (Å²) >= 11 is 0. The predicted octanol–water partition coefficient (Wildman–Crippen LogP) is 3.66. The third-order valence-electron chi connectivity index (χ3n) is 6.36. The number of piperidine rings is 1. The van der Waals surface area contributed by atoms with Crippen molar-refractivity contribution >= 4 is 11.7 Å². The standard InChI is InChI=1S/C23H24F3N7O/c1-15-27-8-11-32(15)22-29-12-16(13-30-22)21(34)33(18-3-4-18)19-6-9-31(10-7-19)20-5-2-17(14-28-20)23(24,25)26/h2,5,8,11-14,18-19H,3-4,6-7,9-10H2,1H3. The number of halogens is 3. The number of amides is 1. The van der Waals surface area contributed by atoms with Gasteiger partial charge in [-0.05, 0) is 44.7 Å². The summed E-state index contributed by atoms with van der Waals surface area (Å²) in [6, 6.07) is 2.74. The Morgan fingerprint density at radius 3 is 2.18 bits per heavy atom. The molecular formula is C23H24F3N7O. The van der Waals surface area contributed by atoms with Crippen LogP contribution in [-0.4, -0.2) is 60.5 Å². The molecule has 178 valence electrons. The lowest BCUT2D eigenvalue weighted by atomic mass is 10.0. The van der Waals surface area contributed by atoms with Gasteiger partial charge in [0.05, 0.1) is 11.1 Å². The summed E-state index contributed by atoms with van der Waals surface area (Å²) in [6.07, 6.45) is 6.40. The number of carbonyl (C=O) groups excluding carboxylic acids is 1. The second-order valence-corrected chi connectivity index (χ2v) is 8.68. The first-order valence-electron chi connectivity index (χ1n) is 11.2. The number of aryl methyl sites for hydroxylation is 1. The van der Waals surface area contributed by atoms with Gasteiger partial charge in [-0.2, -0.15) is 13.2 Å². The Hall–Kier alpha value is -3.50. The van der Waals surface area contributed by atoms with E-state index < -0.39 is 11.7 Å². The summed E-state index contributed by atoms with van der Waals surface area (Å²) < 4.78 is 40.2. The minimum Gasteiger partial charge on any atom is -0.356 e. The molecule has 34 heavy (non-hydrogen) atoms. The van der Waals surface area contributed by atoms with Crippen molar-refractivity contribution < 1.29 is 18.0 Å². The van der Waals surface area contributed by atoms with Gasteiger partial charge in [-0.15, -0.1) is 0 Å². The molecule has 0 bridgehead atoms. The molecule has 2 fully saturated rings. The van der Waals surface area contributed by atoms with E-state index in [9.17, 15) is 18.0 Å². The van der Waals surface area contributed by atoms with Gasteiger partial charge in [0.2, 0.25) is 5.95 Å². The third-order valence-corrected chi connectivity index (χ3v) is 6.36. The highest BCUT2D eigenvalue weighted by molar-refractivity contribution is 5.94. The van der Waals surface area contributed by atoms with Crippen LogP contribution in [0.3, 0.4) is 0 Å². The Morgan fingerprint density at radius 1 is 0.971 bits per heavy atom. The summed E-state index contributed by atoms with van der Waals surface area (Å²) in [6.45, 7) is 3.09. The fourth-order valence-electron chi connectivity index (χ4n) is 4.39. The smallest absolute Gasteiger partial charge is 0.356 e. The van der Waals surface area contributed by atoms with Gasteiger partial charge in [0, 0.05) is 56.2 Å². The number of pyridine rings is 1. The number of imidazole rings is 1. The van der Waals surface area contributed by atoms with Crippen LogP contribution < -0.4 is 4.90 Å². The van der Waals surface area contributed by atoms with Crippen molar-refractivity contribution in [3.05, 3.63) is 60.1 Å². The van der Waals surface area contributed by atoms with E-state index in [0.29, 0.717) is 30.4 Å². The lowest BCUT2D eigenvalue weighted by Crippen LogP contribution is -2.48. The first-order chi connectivity index (χ1) is 16.3. The van der Waals surface area contributed by atoms with Crippen LogP contribution in [-0.2, 0) is 6.18 Å². The maximum absolute atomic E-state index is 13.4. The quantitative estimate of drug-likeness (QED) is 0.565. The number of carbonyl (C=O) groups is 1. The molecule has 5 rings (SSSR count). The van der Waals surface area contributed by atoms with Crippen molar-refractivity contribution in [3.8, 4) is 5.95 Å². The van der Waals surface area contributed by atoms with Crippen molar-refractivity contribution in [3.63, 3.8) is 0 Å². The number of rotatable bonds is 5. The zero-order valence-electron chi connectivity index (χ0n) is 18.6. The number of hydrogen-bond donors (Lipinski definition) is 0. The fourth-order valence-corrected chi connectivity index (χ4v) is 4.39. The summed E-state index contributed by atoms with van der Waals surface area (Å²) in [5.74, 6) is 1.66.